The molecule has 0 aromatic heterocycles. The monoisotopic (exact) mass is 299 g/mol. The highest BCUT2D eigenvalue weighted by Crippen LogP contribution is 2.48. The van der Waals surface area contributed by atoms with E-state index in [-0.39, 0.29) is 7.92 Å². The Morgan fingerprint density at radius 3 is 2.57 bits per heavy atom. The molecule has 0 saturated carbocycles. The van der Waals surface area contributed by atoms with Gasteiger partial charge in [0, 0.05) is 17.9 Å². The SMILES string of the molecule is COc1ccc(NC[C@@H]2CCCP2c2ccccc2)cc1. The molecule has 21 heavy (non-hydrogen) atoms. The molecule has 1 unspecified atom stereocenters. The Morgan fingerprint density at radius 1 is 1.10 bits per heavy atom. The minimum atomic E-state index is 0.00359. The Bertz CT molecular complexity index is 555. The lowest BCUT2D eigenvalue weighted by Crippen LogP contribution is -2.19. The molecule has 1 fully saturated rings. The molecule has 0 amide bonds. The molecule has 2 aromatic carbocycles. The van der Waals surface area contributed by atoms with Gasteiger partial charge in [-0.3, -0.25) is 0 Å². The van der Waals surface area contributed by atoms with Crippen LogP contribution in [0.3, 0.4) is 0 Å². The molecule has 2 aromatic rings. The molecule has 1 aliphatic rings. The van der Waals surface area contributed by atoms with Crippen molar-refractivity contribution in [3.05, 3.63) is 54.6 Å². The zero-order chi connectivity index (χ0) is 14.5. The molecule has 2 nitrogen and oxygen atoms in total. The summed E-state index contributed by atoms with van der Waals surface area (Å²) in [6, 6.07) is 19.3. The highest BCUT2D eigenvalue weighted by atomic mass is 31.1. The van der Waals surface area contributed by atoms with E-state index in [1.165, 1.54) is 24.7 Å². The molecule has 3 rings (SSSR count). The summed E-state index contributed by atoms with van der Waals surface area (Å²) in [5.41, 5.74) is 1.98. The van der Waals surface area contributed by atoms with Crippen molar-refractivity contribution in [2.75, 3.05) is 25.1 Å². The lowest BCUT2D eigenvalue weighted by Gasteiger charge is -2.21. The number of hydrogen-bond donors (Lipinski definition) is 1. The number of rotatable bonds is 5. The van der Waals surface area contributed by atoms with Crippen LogP contribution in [0.5, 0.6) is 5.75 Å². The molecule has 1 saturated heterocycles. The van der Waals surface area contributed by atoms with E-state index in [0.717, 1.165) is 18.0 Å². The first-order chi connectivity index (χ1) is 10.4. The van der Waals surface area contributed by atoms with Crippen molar-refractivity contribution >= 4 is 18.9 Å². The zero-order valence-corrected chi connectivity index (χ0v) is 13.4. The quantitative estimate of drug-likeness (QED) is 0.840. The van der Waals surface area contributed by atoms with Crippen molar-refractivity contribution in [1.82, 2.24) is 0 Å². The number of benzene rings is 2. The maximum Gasteiger partial charge on any atom is 0.119 e. The van der Waals surface area contributed by atoms with Gasteiger partial charge in [0.15, 0.2) is 0 Å². The number of methoxy groups -OCH3 is 1. The molecule has 3 heteroatoms. The average Bonchev–Trinajstić information content (AvgIpc) is 3.03. The first-order valence-corrected chi connectivity index (χ1v) is 9.16. The molecule has 1 N–H and O–H groups in total. The number of anilines is 1. The van der Waals surface area contributed by atoms with E-state index in [2.05, 4.69) is 47.8 Å². The van der Waals surface area contributed by atoms with Crippen LogP contribution in [-0.4, -0.2) is 25.5 Å². The minimum absolute atomic E-state index is 0.00359. The number of ether oxygens (including phenoxy) is 1. The second kappa shape index (κ2) is 6.95. The third-order valence-electron chi connectivity index (χ3n) is 4.10. The van der Waals surface area contributed by atoms with Gasteiger partial charge in [-0.2, -0.15) is 0 Å². The second-order valence-corrected chi connectivity index (χ2v) is 8.07. The Morgan fingerprint density at radius 2 is 1.86 bits per heavy atom. The predicted molar refractivity (Wildman–Crippen MR) is 92.4 cm³/mol. The van der Waals surface area contributed by atoms with Crippen LogP contribution in [0.1, 0.15) is 12.8 Å². The van der Waals surface area contributed by atoms with Gasteiger partial charge in [-0.1, -0.05) is 38.3 Å². The van der Waals surface area contributed by atoms with Gasteiger partial charge in [-0.25, -0.2) is 0 Å². The highest BCUT2D eigenvalue weighted by molar-refractivity contribution is 7.66. The van der Waals surface area contributed by atoms with Crippen LogP contribution in [0.25, 0.3) is 0 Å². The van der Waals surface area contributed by atoms with Gasteiger partial charge in [0.2, 0.25) is 0 Å². The van der Waals surface area contributed by atoms with Gasteiger partial charge in [-0.15, -0.1) is 0 Å². The van der Waals surface area contributed by atoms with Crippen LogP contribution in [-0.2, 0) is 0 Å². The summed E-state index contributed by atoms with van der Waals surface area (Å²) < 4.78 is 5.20. The molecular formula is C18H22NOP. The smallest absolute Gasteiger partial charge is 0.119 e. The van der Waals surface area contributed by atoms with Gasteiger partial charge >= 0.3 is 0 Å². The van der Waals surface area contributed by atoms with Crippen molar-refractivity contribution in [3.8, 4) is 5.75 Å². The summed E-state index contributed by atoms with van der Waals surface area (Å²) in [6.07, 6.45) is 4.10. The summed E-state index contributed by atoms with van der Waals surface area (Å²) in [6.45, 7) is 1.08. The fourth-order valence-electron chi connectivity index (χ4n) is 2.95. The van der Waals surface area contributed by atoms with E-state index in [1.807, 2.05) is 12.1 Å². The van der Waals surface area contributed by atoms with Crippen LogP contribution in [0.15, 0.2) is 54.6 Å². The largest absolute Gasteiger partial charge is 0.497 e. The molecular weight excluding hydrogens is 277 g/mol. The van der Waals surface area contributed by atoms with Crippen molar-refractivity contribution in [2.45, 2.75) is 18.5 Å². The van der Waals surface area contributed by atoms with Crippen LogP contribution >= 0.6 is 7.92 Å². The molecule has 2 atom stereocenters. The molecule has 1 heterocycles. The van der Waals surface area contributed by atoms with E-state index < -0.39 is 0 Å². The lowest BCUT2D eigenvalue weighted by molar-refractivity contribution is 0.415. The second-order valence-electron chi connectivity index (χ2n) is 5.43. The Kier molecular flexibility index (Phi) is 4.77. The molecule has 1 aliphatic heterocycles. The first-order valence-electron chi connectivity index (χ1n) is 7.56. The van der Waals surface area contributed by atoms with E-state index in [4.69, 9.17) is 4.74 Å². The van der Waals surface area contributed by atoms with Crippen LogP contribution in [0.4, 0.5) is 5.69 Å². The third-order valence-corrected chi connectivity index (χ3v) is 7.18. The van der Waals surface area contributed by atoms with Gasteiger partial charge in [0.05, 0.1) is 7.11 Å². The van der Waals surface area contributed by atoms with Gasteiger partial charge in [0.1, 0.15) is 5.75 Å². The van der Waals surface area contributed by atoms with Crippen LogP contribution in [0.2, 0.25) is 0 Å². The van der Waals surface area contributed by atoms with Crippen molar-refractivity contribution < 1.29 is 4.74 Å². The molecule has 0 bridgehead atoms. The highest BCUT2D eigenvalue weighted by Gasteiger charge is 2.27. The Labute approximate surface area is 128 Å². The maximum atomic E-state index is 5.20. The molecule has 0 radical (unpaired) electrons. The fraction of sp³-hybridized carbons (Fsp3) is 0.333. The molecule has 0 aliphatic carbocycles. The third kappa shape index (κ3) is 3.57. The minimum Gasteiger partial charge on any atom is -0.497 e. The van der Waals surface area contributed by atoms with Crippen molar-refractivity contribution in [3.63, 3.8) is 0 Å². The Hall–Kier alpha value is -1.53. The van der Waals surface area contributed by atoms with E-state index in [1.54, 1.807) is 12.4 Å². The molecule has 110 valence electrons. The lowest BCUT2D eigenvalue weighted by atomic mass is 10.2. The zero-order valence-electron chi connectivity index (χ0n) is 12.5. The average molecular weight is 299 g/mol. The maximum absolute atomic E-state index is 5.20. The standard InChI is InChI=1S/C18H22NOP/c1-20-16-11-9-15(10-12-16)19-14-18-8-5-13-21(18)17-6-3-2-4-7-17/h2-4,6-7,9-12,18-19H,5,8,13-14H2,1H3/t18-,21?/m0/s1. The summed E-state index contributed by atoms with van der Waals surface area (Å²) in [7, 11) is 1.71. The van der Waals surface area contributed by atoms with Gasteiger partial charge in [-0.05, 0) is 48.6 Å². The first kappa shape index (κ1) is 14.4. The summed E-state index contributed by atoms with van der Waals surface area (Å²) in [5.74, 6) is 0.910. The van der Waals surface area contributed by atoms with Gasteiger partial charge in [0.25, 0.3) is 0 Å². The number of nitrogens with one attached hydrogen (secondary N) is 1. The summed E-state index contributed by atoms with van der Waals surface area (Å²) in [4.78, 5) is 0. The topological polar surface area (TPSA) is 21.3 Å². The van der Waals surface area contributed by atoms with Crippen LogP contribution < -0.4 is 15.4 Å². The normalized spacial score (nSPS) is 21.2. The van der Waals surface area contributed by atoms with E-state index in [0.29, 0.717) is 0 Å². The van der Waals surface area contributed by atoms with Crippen molar-refractivity contribution in [2.24, 2.45) is 0 Å². The van der Waals surface area contributed by atoms with E-state index >= 15 is 0 Å². The summed E-state index contributed by atoms with van der Waals surface area (Å²) >= 11 is 0. The predicted octanol–water partition coefficient (Wildman–Crippen LogP) is 4.08. The van der Waals surface area contributed by atoms with Crippen molar-refractivity contribution in [1.29, 1.82) is 0 Å². The van der Waals surface area contributed by atoms with E-state index in [9.17, 15) is 0 Å². The fourth-order valence-corrected chi connectivity index (χ4v) is 5.88. The summed E-state index contributed by atoms with van der Waals surface area (Å²) in [5, 5.41) is 5.16. The van der Waals surface area contributed by atoms with Gasteiger partial charge < -0.3 is 10.1 Å². The Balaban J connectivity index is 1.61. The van der Waals surface area contributed by atoms with Crippen LogP contribution in [0, 0.1) is 0 Å². The number of hydrogen-bond acceptors (Lipinski definition) is 2. The molecule has 0 spiro atoms.